The summed E-state index contributed by atoms with van der Waals surface area (Å²) in [6, 6.07) is 14.7. The van der Waals surface area contributed by atoms with Crippen molar-refractivity contribution in [2.45, 2.75) is 19.8 Å². The number of anilines is 1. The molecule has 0 unspecified atom stereocenters. The molecule has 132 valence electrons. The summed E-state index contributed by atoms with van der Waals surface area (Å²) in [6.45, 7) is 3.40. The lowest BCUT2D eigenvalue weighted by Gasteiger charge is -2.17. The molecule has 2 amide bonds. The first kappa shape index (κ1) is 16.4. The molecule has 5 heteroatoms. The standard InChI is InChI=1S/C21H20N2O3/c1-14-15-8-3-5-11-18(15)26-19(14)20(24)22-17-10-4-2-9-16(17)21(25)23-12-6-7-13-23/h2-5,8-11H,6-7,12-13H2,1H3,(H,22,24). The van der Waals surface area contributed by atoms with E-state index in [2.05, 4.69) is 5.32 Å². The molecule has 1 aromatic heterocycles. The van der Waals surface area contributed by atoms with Crippen LogP contribution in [-0.2, 0) is 0 Å². The zero-order valence-corrected chi connectivity index (χ0v) is 14.6. The normalized spacial score (nSPS) is 14.0. The highest BCUT2D eigenvalue weighted by Gasteiger charge is 2.24. The van der Waals surface area contributed by atoms with Gasteiger partial charge in [0.1, 0.15) is 5.58 Å². The maximum absolute atomic E-state index is 12.8. The van der Waals surface area contributed by atoms with E-state index in [4.69, 9.17) is 4.42 Å². The van der Waals surface area contributed by atoms with Crippen LogP contribution in [0.5, 0.6) is 0 Å². The summed E-state index contributed by atoms with van der Waals surface area (Å²) in [5, 5.41) is 3.77. The minimum atomic E-state index is -0.347. The van der Waals surface area contributed by atoms with Crippen LogP contribution in [0.3, 0.4) is 0 Å². The highest BCUT2D eigenvalue weighted by atomic mass is 16.3. The smallest absolute Gasteiger partial charge is 0.291 e. The number of amides is 2. The summed E-state index contributed by atoms with van der Waals surface area (Å²) < 4.78 is 5.73. The average molecular weight is 348 g/mol. The van der Waals surface area contributed by atoms with Crippen molar-refractivity contribution in [1.82, 2.24) is 4.90 Å². The number of nitrogens with zero attached hydrogens (tertiary/aromatic N) is 1. The second kappa shape index (κ2) is 6.67. The summed E-state index contributed by atoms with van der Waals surface area (Å²) in [4.78, 5) is 27.3. The first-order valence-corrected chi connectivity index (χ1v) is 8.83. The van der Waals surface area contributed by atoms with Gasteiger partial charge in [0.2, 0.25) is 0 Å². The van der Waals surface area contributed by atoms with E-state index in [1.807, 2.05) is 48.2 Å². The summed E-state index contributed by atoms with van der Waals surface area (Å²) in [5.74, 6) is -0.116. The van der Waals surface area contributed by atoms with Gasteiger partial charge in [-0.15, -0.1) is 0 Å². The summed E-state index contributed by atoms with van der Waals surface area (Å²) >= 11 is 0. The van der Waals surface area contributed by atoms with Crippen LogP contribution in [0.15, 0.2) is 52.9 Å². The maximum Gasteiger partial charge on any atom is 0.291 e. The Hall–Kier alpha value is -3.08. The molecule has 0 radical (unpaired) electrons. The van der Waals surface area contributed by atoms with Crippen LogP contribution < -0.4 is 5.32 Å². The van der Waals surface area contributed by atoms with Gasteiger partial charge in [-0.2, -0.15) is 0 Å². The summed E-state index contributed by atoms with van der Waals surface area (Å²) in [6.07, 6.45) is 2.05. The number of fused-ring (bicyclic) bond motifs is 1. The molecule has 1 aliphatic rings. The molecule has 4 rings (SSSR count). The number of hydrogen-bond acceptors (Lipinski definition) is 3. The third-order valence-corrected chi connectivity index (χ3v) is 4.85. The number of aryl methyl sites for hydroxylation is 1. The van der Waals surface area contributed by atoms with Crippen molar-refractivity contribution in [3.63, 3.8) is 0 Å². The highest BCUT2D eigenvalue weighted by molar-refractivity contribution is 6.10. The number of para-hydroxylation sites is 2. The van der Waals surface area contributed by atoms with Gasteiger partial charge in [0.25, 0.3) is 11.8 Å². The quantitative estimate of drug-likeness (QED) is 0.770. The Morgan fingerprint density at radius 2 is 1.69 bits per heavy atom. The lowest BCUT2D eigenvalue weighted by atomic mass is 10.1. The van der Waals surface area contributed by atoms with Gasteiger partial charge in [-0.05, 0) is 38.0 Å². The number of rotatable bonds is 3. The molecule has 0 atom stereocenters. The predicted octanol–water partition coefficient (Wildman–Crippen LogP) is 4.23. The zero-order chi connectivity index (χ0) is 18.1. The van der Waals surface area contributed by atoms with Gasteiger partial charge < -0.3 is 14.6 Å². The Morgan fingerprint density at radius 3 is 2.46 bits per heavy atom. The molecule has 1 aliphatic heterocycles. The molecule has 0 spiro atoms. The van der Waals surface area contributed by atoms with E-state index in [9.17, 15) is 9.59 Å². The Kier molecular flexibility index (Phi) is 4.21. The van der Waals surface area contributed by atoms with Crippen molar-refractivity contribution in [3.8, 4) is 0 Å². The van der Waals surface area contributed by atoms with Crippen molar-refractivity contribution in [2.24, 2.45) is 0 Å². The van der Waals surface area contributed by atoms with Crippen molar-refractivity contribution < 1.29 is 14.0 Å². The number of nitrogens with one attached hydrogen (secondary N) is 1. The molecule has 0 aliphatic carbocycles. The monoisotopic (exact) mass is 348 g/mol. The fourth-order valence-electron chi connectivity index (χ4n) is 3.44. The molecule has 0 saturated carbocycles. The van der Waals surface area contributed by atoms with Gasteiger partial charge in [-0.1, -0.05) is 30.3 Å². The lowest BCUT2D eigenvalue weighted by Crippen LogP contribution is -2.28. The first-order chi connectivity index (χ1) is 12.6. The maximum atomic E-state index is 12.8. The molecule has 3 aromatic rings. The number of hydrogen-bond donors (Lipinski definition) is 1. The third-order valence-electron chi connectivity index (χ3n) is 4.85. The van der Waals surface area contributed by atoms with Crippen LogP contribution in [0.1, 0.15) is 39.3 Å². The molecule has 2 heterocycles. The lowest BCUT2D eigenvalue weighted by molar-refractivity contribution is 0.0794. The van der Waals surface area contributed by atoms with Crippen LogP contribution >= 0.6 is 0 Å². The minimum absolute atomic E-state index is 0.0419. The fourth-order valence-corrected chi connectivity index (χ4v) is 3.44. The SMILES string of the molecule is Cc1c(C(=O)Nc2ccccc2C(=O)N2CCCC2)oc2ccccc12. The molecule has 1 saturated heterocycles. The Morgan fingerprint density at radius 1 is 1.00 bits per heavy atom. The van der Waals surface area contributed by atoms with E-state index in [0.29, 0.717) is 16.8 Å². The van der Waals surface area contributed by atoms with E-state index in [0.717, 1.165) is 36.9 Å². The predicted molar refractivity (Wildman–Crippen MR) is 100 cm³/mol. The topological polar surface area (TPSA) is 62.6 Å². The first-order valence-electron chi connectivity index (χ1n) is 8.83. The van der Waals surface area contributed by atoms with Crippen LogP contribution in [-0.4, -0.2) is 29.8 Å². The van der Waals surface area contributed by atoms with Gasteiger partial charge in [0.15, 0.2) is 5.76 Å². The minimum Gasteiger partial charge on any atom is -0.451 e. The Bertz CT molecular complexity index is 984. The second-order valence-corrected chi connectivity index (χ2v) is 6.55. The molecule has 5 nitrogen and oxygen atoms in total. The van der Waals surface area contributed by atoms with E-state index in [1.165, 1.54) is 0 Å². The number of likely N-dealkylation sites (tertiary alicyclic amines) is 1. The molecular formula is C21H20N2O3. The van der Waals surface area contributed by atoms with Crippen molar-refractivity contribution in [3.05, 3.63) is 65.4 Å². The molecule has 0 bridgehead atoms. The largest absolute Gasteiger partial charge is 0.451 e. The van der Waals surface area contributed by atoms with Crippen molar-refractivity contribution in [1.29, 1.82) is 0 Å². The molecule has 1 N–H and O–H groups in total. The van der Waals surface area contributed by atoms with Gasteiger partial charge in [0, 0.05) is 24.0 Å². The third kappa shape index (κ3) is 2.86. The van der Waals surface area contributed by atoms with E-state index in [1.54, 1.807) is 12.1 Å². The highest BCUT2D eigenvalue weighted by Crippen LogP contribution is 2.26. The Balaban J connectivity index is 1.63. The van der Waals surface area contributed by atoms with Crippen molar-refractivity contribution >= 4 is 28.5 Å². The van der Waals surface area contributed by atoms with Gasteiger partial charge in [0.05, 0.1) is 11.3 Å². The summed E-state index contributed by atoms with van der Waals surface area (Å²) in [7, 11) is 0. The number of furan rings is 1. The van der Waals surface area contributed by atoms with Crippen LogP contribution in [0.4, 0.5) is 5.69 Å². The molecular weight excluding hydrogens is 328 g/mol. The fraction of sp³-hybridized carbons (Fsp3) is 0.238. The van der Waals surface area contributed by atoms with Gasteiger partial charge in [-0.25, -0.2) is 0 Å². The average Bonchev–Trinajstić information content (AvgIpc) is 3.30. The number of benzene rings is 2. The zero-order valence-electron chi connectivity index (χ0n) is 14.6. The van der Waals surface area contributed by atoms with Crippen LogP contribution in [0.2, 0.25) is 0 Å². The van der Waals surface area contributed by atoms with Crippen molar-refractivity contribution in [2.75, 3.05) is 18.4 Å². The number of carbonyl (C=O) groups is 2. The van der Waals surface area contributed by atoms with Gasteiger partial charge >= 0.3 is 0 Å². The van der Waals surface area contributed by atoms with E-state index < -0.39 is 0 Å². The van der Waals surface area contributed by atoms with Crippen LogP contribution in [0, 0.1) is 6.92 Å². The molecule has 2 aromatic carbocycles. The van der Waals surface area contributed by atoms with E-state index in [-0.39, 0.29) is 17.6 Å². The van der Waals surface area contributed by atoms with Crippen LogP contribution in [0.25, 0.3) is 11.0 Å². The molecule has 1 fully saturated rings. The Labute approximate surface area is 151 Å². The summed E-state index contributed by atoms with van der Waals surface area (Å²) in [5.41, 5.74) is 2.49. The second-order valence-electron chi connectivity index (χ2n) is 6.55. The van der Waals surface area contributed by atoms with Gasteiger partial charge in [-0.3, -0.25) is 9.59 Å². The number of carbonyl (C=O) groups excluding carboxylic acids is 2. The van der Waals surface area contributed by atoms with E-state index >= 15 is 0 Å². The molecule has 26 heavy (non-hydrogen) atoms.